The molecule has 0 spiro atoms. The number of hydrogen-bond acceptors (Lipinski definition) is 5. The molecule has 7 heteroatoms. The summed E-state index contributed by atoms with van der Waals surface area (Å²) in [5, 5.41) is 24.3. The molecule has 27 heavy (non-hydrogen) atoms. The van der Waals surface area contributed by atoms with Crippen molar-refractivity contribution in [3.63, 3.8) is 0 Å². The molecule has 1 aliphatic rings. The number of amides is 1. The van der Waals surface area contributed by atoms with Gasteiger partial charge >= 0.3 is 0 Å². The topological polar surface area (TPSA) is 84.8 Å². The molecule has 0 fully saturated rings. The second-order valence-corrected chi connectivity index (χ2v) is 6.83. The number of halogens is 1. The van der Waals surface area contributed by atoms with Crippen LogP contribution in [0.5, 0.6) is 0 Å². The summed E-state index contributed by atoms with van der Waals surface area (Å²) in [6.07, 6.45) is 6.94. The molecule has 0 aliphatic carbocycles. The van der Waals surface area contributed by atoms with Gasteiger partial charge in [-0.25, -0.2) is 9.71 Å². The van der Waals surface area contributed by atoms with Crippen LogP contribution in [0.15, 0.2) is 36.3 Å². The number of nitrogens with one attached hydrogen (secondary N) is 2. The largest absolute Gasteiger partial charge is 0.372 e. The second-order valence-electron chi connectivity index (χ2n) is 6.83. The summed E-state index contributed by atoms with van der Waals surface area (Å²) in [7, 11) is 0. The number of benzene rings is 1. The Labute approximate surface area is 160 Å². The summed E-state index contributed by atoms with van der Waals surface area (Å²) in [5.74, 6) is -0.808. The Morgan fingerprint density at radius 1 is 1.11 bits per heavy atom. The Morgan fingerprint density at radius 2 is 1.74 bits per heavy atom. The van der Waals surface area contributed by atoms with Gasteiger partial charge in [-0.05, 0) is 30.7 Å². The Bertz CT molecular complexity index is 621. The highest BCUT2D eigenvalue weighted by molar-refractivity contribution is 5.90. The monoisotopic (exact) mass is 379 g/mol. The molecule has 6 nitrogen and oxygen atoms in total. The lowest BCUT2D eigenvalue weighted by atomic mass is 10.1. The van der Waals surface area contributed by atoms with Crippen LogP contribution in [0.2, 0.25) is 0 Å². The van der Waals surface area contributed by atoms with E-state index in [2.05, 4.69) is 17.6 Å². The SMILES string of the molecule is CCCCCCCCCC(=O)Nc1ccc(N2C=C(F)C(O)NC2O)cc1. The summed E-state index contributed by atoms with van der Waals surface area (Å²) in [5.41, 5.74) is 1.18. The van der Waals surface area contributed by atoms with Crippen molar-refractivity contribution >= 4 is 17.3 Å². The minimum atomic E-state index is -1.51. The molecule has 4 N–H and O–H groups in total. The van der Waals surface area contributed by atoms with Gasteiger partial charge in [-0.15, -0.1) is 0 Å². The highest BCUT2D eigenvalue weighted by atomic mass is 19.1. The maximum absolute atomic E-state index is 13.5. The van der Waals surface area contributed by atoms with Crippen LogP contribution >= 0.6 is 0 Å². The van der Waals surface area contributed by atoms with Crippen molar-refractivity contribution in [2.24, 2.45) is 0 Å². The molecule has 1 aromatic carbocycles. The first-order valence-electron chi connectivity index (χ1n) is 9.69. The third kappa shape index (κ3) is 6.93. The summed E-state index contributed by atoms with van der Waals surface area (Å²) in [6, 6.07) is 6.72. The number of carbonyl (C=O) groups is 1. The fourth-order valence-corrected chi connectivity index (χ4v) is 2.97. The number of aliphatic hydroxyl groups excluding tert-OH is 2. The lowest BCUT2D eigenvalue weighted by Gasteiger charge is -2.33. The Hall–Kier alpha value is -1.96. The number of hydrogen-bond donors (Lipinski definition) is 4. The molecule has 1 aliphatic heterocycles. The molecule has 150 valence electrons. The zero-order valence-electron chi connectivity index (χ0n) is 15.8. The lowest BCUT2D eigenvalue weighted by molar-refractivity contribution is -0.116. The van der Waals surface area contributed by atoms with E-state index in [0.717, 1.165) is 19.0 Å². The molecule has 0 saturated heterocycles. The van der Waals surface area contributed by atoms with Crippen LogP contribution in [0.3, 0.4) is 0 Å². The molecule has 2 unspecified atom stereocenters. The van der Waals surface area contributed by atoms with Gasteiger partial charge in [0.05, 0.1) is 0 Å². The zero-order chi connectivity index (χ0) is 19.6. The molecule has 1 amide bonds. The number of unbranched alkanes of at least 4 members (excludes halogenated alkanes) is 6. The standard InChI is InChI=1S/C20H30FN3O3/c1-2-3-4-5-6-7-8-9-18(25)22-15-10-12-16(13-11-15)24-14-17(21)19(26)23-20(24)27/h10-14,19-20,23,26-27H,2-9H2,1H3,(H,22,25). The second kappa shape index (κ2) is 11.0. The van der Waals surface area contributed by atoms with Crippen molar-refractivity contribution in [2.75, 3.05) is 10.2 Å². The quantitative estimate of drug-likeness (QED) is 0.467. The predicted molar refractivity (Wildman–Crippen MR) is 105 cm³/mol. The van der Waals surface area contributed by atoms with Crippen LogP contribution in [-0.2, 0) is 4.79 Å². The smallest absolute Gasteiger partial charge is 0.224 e. The Balaban J connectivity index is 1.76. The highest BCUT2D eigenvalue weighted by Gasteiger charge is 2.26. The van der Waals surface area contributed by atoms with E-state index in [0.29, 0.717) is 17.8 Å². The molecule has 1 aromatic rings. The molecule has 2 rings (SSSR count). The van der Waals surface area contributed by atoms with E-state index in [1.165, 1.54) is 37.0 Å². The summed E-state index contributed by atoms with van der Waals surface area (Å²) in [6.45, 7) is 2.20. The van der Waals surface area contributed by atoms with Gasteiger partial charge in [0.15, 0.2) is 18.4 Å². The van der Waals surface area contributed by atoms with Gasteiger partial charge in [0, 0.05) is 24.0 Å². The van der Waals surface area contributed by atoms with E-state index in [9.17, 15) is 19.4 Å². The Kier molecular flexibility index (Phi) is 8.71. The average molecular weight is 379 g/mol. The zero-order valence-corrected chi connectivity index (χ0v) is 15.8. The van der Waals surface area contributed by atoms with Crippen LogP contribution in [0, 0.1) is 0 Å². The number of nitrogens with zero attached hydrogens (tertiary/aromatic N) is 1. The van der Waals surface area contributed by atoms with Crippen molar-refractivity contribution in [1.82, 2.24) is 5.32 Å². The molecular weight excluding hydrogens is 349 g/mol. The Morgan fingerprint density at radius 3 is 2.41 bits per heavy atom. The van der Waals surface area contributed by atoms with Gasteiger partial charge in [-0.3, -0.25) is 4.79 Å². The predicted octanol–water partition coefficient (Wildman–Crippen LogP) is 3.58. The van der Waals surface area contributed by atoms with E-state index >= 15 is 0 Å². The van der Waals surface area contributed by atoms with Gasteiger partial charge < -0.3 is 20.4 Å². The van der Waals surface area contributed by atoms with Crippen molar-refractivity contribution in [3.05, 3.63) is 36.3 Å². The minimum Gasteiger partial charge on any atom is -0.372 e. The van der Waals surface area contributed by atoms with Crippen molar-refractivity contribution in [3.8, 4) is 0 Å². The van der Waals surface area contributed by atoms with Gasteiger partial charge in [0.1, 0.15) is 0 Å². The molecule has 0 bridgehead atoms. The van der Waals surface area contributed by atoms with Crippen LogP contribution in [0.1, 0.15) is 58.3 Å². The first-order chi connectivity index (χ1) is 13.0. The van der Waals surface area contributed by atoms with E-state index < -0.39 is 18.4 Å². The van der Waals surface area contributed by atoms with Gasteiger partial charge in [0.25, 0.3) is 0 Å². The van der Waals surface area contributed by atoms with E-state index in [-0.39, 0.29) is 5.91 Å². The van der Waals surface area contributed by atoms with Crippen molar-refractivity contribution < 1.29 is 19.4 Å². The third-order valence-electron chi connectivity index (χ3n) is 4.55. The van der Waals surface area contributed by atoms with Crippen LogP contribution in [-0.4, -0.2) is 28.7 Å². The summed E-state index contributed by atoms with van der Waals surface area (Å²) in [4.78, 5) is 13.3. The number of rotatable bonds is 10. The number of carbonyl (C=O) groups excluding carboxylic acids is 1. The van der Waals surface area contributed by atoms with Crippen molar-refractivity contribution in [2.45, 2.75) is 70.9 Å². The molecular formula is C20H30FN3O3. The minimum absolute atomic E-state index is 0.0231. The normalized spacial score (nSPS) is 19.7. The molecule has 2 atom stereocenters. The van der Waals surface area contributed by atoms with Crippen LogP contribution in [0.4, 0.5) is 15.8 Å². The van der Waals surface area contributed by atoms with Gasteiger partial charge in [-0.1, -0.05) is 45.4 Å². The highest BCUT2D eigenvalue weighted by Crippen LogP contribution is 2.23. The number of aliphatic hydroxyl groups is 2. The van der Waals surface area contributed by atoms with E-state index in [1.54, 1.807) is 24.3 Å². The molecule has 0 aromatic heterocycles. The van der Waals surface area contributed by atoms with Crippen LogP contribution < -0.4 is 15.5 Å². The number of anilines is 2. The molecule has 0 radical (unpaired) electrons. The van der Waals surface area contributed by atoms with Crippen LogP contribution in [0.25, 0.3) is 0 Å². The lowest BCUT2D eigenvalue weighted by Crippen LogP contribution is -2.52. The fourth-order valence-electron chi connectivity index (χ4n) is 2.97. The maximum Gasteiger partial charge on any atom is 0.224 e. The average Bonchev–Trinajstić information content (AvgIpc) is 2.65. The van der Waals surface area contributed by atoms with Gasteiger partial charge in [0.2, 0.25) is 5.91 Å². The van der Waals surface area contributed by atoms with E-state index in [4.69, 9.17) is 0 Å². The third-order valence-corrected chi connectivity index (χ3v) is 4.55. The summed E-state index contributed by atoms with van der Waals surface area (Å²) >= 11 is 0. The van der Waals surface area contributed by atoms with Crippen molar-refractivity contribution in [1.29, 1.82) is 0 Å². The first kappa shape index (κ1) is 21.3. The van der Waals surface area contributed by atoms with Gasteiger partial charge in [-0.2, -0.15) is 0 Å². The summed E-state index contributed by atoms with van der Waals surface area (Å²) < 4.78 is 13.5. The first-order valence-corrected chi connectivity index (χ1v) is 9.69. The molecule has 1 heterocycles. The molecule has 0 saturated carbocycles. The maximum atomic E-state index is 13.5. The van der Waals surface area contributed by atoms with E-state index in [1.807, 2.05) is 0 Å². The fraction of sp³-hybridized carbons (Fsp3) is 0.550.